The molecule has 3 aromatic rings. The molecule has 0 radical (unpaired) electrons. The van der Waals surface area contributed by atoms with Gasteiger partial charge in [-0.2, -0.15) is 0 Å². The molecule has 168 valence electrons. The van der Waals surface area contributed by atoms with Crippen molar-refractivity contribution < 1.29 is 22.7 Å². The lowest BCUT2D eigenvalue weighted by atomic mass is 10.1. The smallest absolute Gasteiger partial charge is 0.341 e. The fourth-order valence-corrected chi connectivity index (χ4v) is 7.43. The number of fused-ring (bicyclic) bond motifs is 1. The molecule has 0 spiro atoms. The number of thiazole rings is 1. The maximum atomic E-state index is 12.7. The van der Waals surface area contributed by atoms with Crippen molar-refractivity contribution in [1.29, 1.82) is 0 Å². The number of rotatable bonds is 7. The first-order valence-corrected chi connectivity index (χ1v) is 13.7. The number of sulfone groups is 1. The molecule has 1 aliphatic rings. The second-order valence-corrected chi connectivity index (χ2v) is 11.6. The van der Waals surface area contributed by atoms with Gasteiger partial charge in [-0.25, -0.2) is 18.2 Å². The number of benzene rings is 1. The van der Waals surface area contributed by atoms with E-state index in [-0.39, 0.29) is 42.4 Å². The predicted molar refractivity (Wildman–Crippen MR) is 125 cm³/mol. The first-order valence-electron chi connectivity index (χ1n) is 10.1. The number of thiophene rings is 1. The van der Waals surface area contributed by atoms with E-state index in [2.05, 4.69) is 10.3 Å². The minimum Gasteiger partial charge on any atom is -0.462 e. The molecule has 0 saturated heterocycles. The minimum absolute atomic E-state index is 0.0143. The van der Waals surface area contributed by atoms with Crippen LogP contribution in [0.1, 0.15) is 44.0 Å². The highest BCUT2D eigenvalue weighted by Gasteiger charge is 2.32. The number of carbonyl (C=O) groups is 2. The molecule has 0 aliphatic carbocycles. The molecule has 3 heterocycles. The van der Waals surface area contributed by atoms with E-state index in [1.54, 1.807) is 6.92 Å². The number of nitrogens with one attached hydrogen (secondary N) is 1. The summed E-state index contributed by atoms with van der Waals surface area (Å²) in [6.45, 7) is 1.90. The summed E-state index contributed by atoms with van der Waals surface area (Å²) < 4.78 is 29.2. The Balaban J connectivity index is 1.49. The Morgan fingerprint density at radius 3 is 2.75 bits per heavy atom. The molecule has 7 nitrogen and oxygen atoms in total. The zero-order valence-corrected chi connectivity index (χ0v) is 19.9. The molecular weight excluding hydrogens is 468 g/mol. The molecule has 10 heteroatoms. The van der Waals surface area contributed by atoms with E-state index in [4.69, 9.17) is 4.74 Å². The SMILES string of the molecule is CCOC(=O)c1c(NC(=O)Cc2csc(Cc3ccccc3)n2)sc2c1CCS(=O)(=O)C2. The quantitative estimate of drug-likeness (QED) is 0.508. The third-order valence-electron chi connectivity index (χ3n) is 4.98. The van der Waals surface area contributed by atoms with Crippen LogP contribution in [0.15, 0.2) is 35.7 Å². The first-order chi connectivity index (χ1) is 15.3. The summed E-state index contributed by atoms with van der Waals surface area (Å²) in [4.78, 5) is 30.4. The Labute approximate surface area is 194 Å². The molecule has 1 N–H and O–H groups in total. The highest BCUT2D eigenvalue weighted by Crippen LogP contribution is 2.38. The maximum Gasteiger partial charge on any atom is 0.341 e. The molecular formula is C22H22N2O5S3. The second-order valence-electron chi connectivity index (χ2n) is 7.39. The molecule has 2 aromatic heterocycles. The van der Waals surface area contributed by atoms with Crippen LogP contribution in [0.25, 0.3) is 0 Å². The summed E-state index contributed by atoms with van der Waals surface area (Å²) in [7, 11) is -3.20. The summed E-state index contributed by atoms with van der Waals surface area (Å²) in [5, 5.41) is 5.91. The number of esters is 1. The number of aromatic nitrogens is 1. The number of amides is 1. The lowest BCUT2D eigenvalue weighted by Crippen LogP contribution is -2.20. The Kier molecular flexibility index (Phi) is 6.73. The van der Waals surface area contributed by atoms with E-state index in [9.17, 15) is 18.0 Å². The summed E-state index contributed by atoms with van der Waals surface area (Å²) >= 11 is 2.63. The Hall–Kier alpha value is -2.56. The topological polar surface area (TPSA) is 102 Å². The van der Waals surface area contributed by atoms with E-state index in [0.29, 0.717) is 27.6 Å². The predicted octanol–water partition coefficient (Wildman–Crippen LogP) is 3.62. The number of carbonyl (C=O) groups excluding carboxylic acids is 2. The van der Waals surface area contributed by atoms with E-state index in [1.165, 1.54) is 11.3 Å². The van der Waals surface area contributed by atoms with Crippen molar-refractivity contribution >= 4 is 49.4 Å². The molecule has 0 atom stereocenters. The van der Waals surface area contributed by atoms with Crippen LogP contribution in [0, 0.1) is 0 Å². The monoisotopic (exact) mass is 490 g/mol. The van der Waals surface area contributed by atoms with Crippen molar-refractivity contribution in [3.8, 4) is 0 Å². The van der Waals surface area contributed by atoms with Gasteiger partial charge in [-0.3, -0.25) is 4.79 Å². The van der Waals surface area contributed by atoms with E-state index < -0.39 is 15.8 Å². The standard InChI is InChI=1S/C22H22N2O5S3/c1-2-29-22(26)20-16-8-9-32(27,28)13-17(16)31-21(20)24-18(25)11-15-12-30-19(23-15)10-14-6-4-3-5-7-14/h3-7,12H,2,8-11,13H2,1H3,(H,24,25). The van der Waals surface area contributed by atoms with Crippen LogP contribution in [0.2, 0.25) is 0 Å². The van der Waals surface area contributed by atoms with Crippen LogP contribution in [0.4, 0.5) is 5.00 Å². The zero-order chi connectivity index (χ0) is 22.7. The van der Waals surface area contributed by atoms with Crippen LogP contribution in [-0.2, 0) is 44.4 Å². The summed E-state index contributed by atoms with van der Waals surface area (Å²) in [5.74, 6) is -0.990. The maximum absolute atomic E-state index is 12.7. The average molecular weight is 491 g/mol. The average Bonchev–Trinajstić information content (AvgIpc) is 3.31. The molecule has 0 fully saturated rings. The number of ether oxygens (including phenoxy) is 1. The molecule has 1 aromatic carbocycles. The number of nitrogens with zero attached hydrogens (tertiary/aromatic N) is 1. The van der Waals surface area contributed by atoms with Crippen molar-refractivity contribution in [2.45, 2.75) is 31.9 Å². The second kappa shape index (κ2) is 9.51. The van der Waals surface area contributed by atoms with Gasteiger partial charge < -0.3 is 10.1 Å². The highest BCUT2D eigenvalue weighted by molar-refractivity contribution is 7.90. The molecule has 0 bridgehead atoms. The van der Waals surface area contributed by atoms with Gasteiger partial charge in [-0.05, 0) is 24.5 Å². The van der Waals surface area contributed by atoms with Crippen molar-refractivity contribution in [2.75, 3.05) is 17.7 Å². The summed E-state index contributed by atoms with van der Waals surface area (Å²) in [6.07, 6.45) is 1.01. The molecule has 0 saturated carbocycles. The number of hydrogen-bond donors (Lipinski definition) is 1. The molecule has 1 amide bonds. The van der Waals surface area contributed by atoms with Crippen LogP contribution in [0.5, 0.6) is 0 Å². The molecule has 0 unspecified atom stereocenters. The van der Waals surface area contributed by atoms with Crippen LogP contribution >= 0.6 is 22.7 Å². The van der Waals surface area contributed by atoms with Gasteiger partial charge in [0.05, 0.1) is 40.8 Å². The van der Waals surface area contributed by atoms with Gasteiger partial charge in [0.25, 0.3) is 0 Å². The lowest BCUT2D eigenvalue weighted by Gasteiger charge is -2.13. The number of hydrogen-bond acceptors (Lipinski definition) is 8. The number of anilines is 1. The van der Waals surface area contributed by atoms with E-state index in [0.717, 1.165) is 21.9 Å². The Morgan fingerprint density at radius 1 is 1.22 bits per heavy atom. The van der Waals surface area contributed by atoms with Crippen molar-refractivity contribution in [3.05, 3.63) is 68.0 Å². The van der Waals surface area contributed by atoms with Gasteiger partial charge in [0.1, 0.15) is 5.00 Å². The lowest BCUT2D eigenvalue weighted by molar-refractivity contribution is -0.115. The Bertz CT molecular complexity index is 1250. The fraction of sp³-hybridized carbons (Fsp3) is 0.318. The van der Waals surface area contributed by atoms with Crippen molar-refractivity contribution in [2.24, 2.45) is 0 Å². The van der Waals surface area contributed by atoms with E-state index >= 15 is 0 Å². The van der Waals surface area contributed by atoms with Crippen LogP contribution in [0.3, 0.4) is 0 Å². The van der Waals surface area contributed by atoms with Gasteiger partial charge in [0.2, 0.25) is 5.91 Å². The minimum atomic E-state index is -3.20. The molecule has 4 rings (SSSR count). The summed E-state index contributed by atoms with van der Waals surface area (Å²) in [5.41, 5.74) is 2.74. The largest absolute Gasteiger partial charge is 0.462 e. The van der Waals surface area contributed by atoms with Gasteiger partial charge >= 0.3 is 5.97 Å². The van der Waals surface area contributed by atoms with E-state index in [1.807, 2.05) is 35.7 Å². The highest BCUT2D eigenvalue weighted by atomic mass is 32.2. The zero-order valence-electron chi connectivity index (χ0n) is 17.4. The van der Waals surface area contributed by atoms with Gasteiger partial charge in [0.15, 0.2) is 9.84 Å². The first kappa shape index (κ1) is 22.6. The van der Waals surface area contributed by atoms with Crippen molar-refractivity contribution in [3.63, 3.8) is 0 Å². The Morgan fingerprint density at radius 2 is 2.00 bits per heavy atom. The van der Waals surface area contributed by atoms with Gasteiger partial charge in [0, 0.05) is 16.7 Å². The van der Waals surface area contributed by atoms with Crippen LogP contribution < -0.4 is 5.32 Å². The van der Waals surface area contributed by atoms with Gasteiger partial charge in [-0.15, -0.1) is 22.7 Å². The fourth-order valence-electron chi connectivity index (χ4n) is 3.55. The van der Waals surface area contributed by atoms with Crippen LogP contribution in [-0.4, -0.2) is 37.6 Å². The van der Waals surface area contributed by atoms with Crippen molar-refractivity contribution in [1.82, 2.24) is 4.98 Å². The van der Waals surface area contributed by atoms with Gasteiger partial charge in [-0.1, -0.05) is 30.3 Å². The third kappa shape index (κ3) is 5.25. The summed E-state index contributed by atoms with van der Waals surface area (Å²) in [6, 6.07) is 9.98. The normalized spacial score (nSPS) is 14.5. The molecule has 32 heavy (non-hydrogen) atoms. The third-order valence-corrected chi connectivity index (χ3v) is 8.76. The molecule has 1 aliphatic heterocycles.